The number of nitrogens with two attached hydrogens (primary N) is 1. The Hall–Kier alpha value is -1.61. The van der Waals surface area contributed by atoms with Gasteiger partial charge in [0, 0.05) is 26.1 Å². The molecule has 0 aromatic heterocycles. The number of nitrogens with zero attached hydrogens (tertiary/aromatic N) is 1. The number of halogens is 3. The van der Waals surface area contributed by atoms with Crippen LogP contribution in [0.1, 0.15) is 38.7 Å². The Morgan fingerprint density at radius 3 is 2.33 bits per heavy atom. The van der Waals surface area contributed by atoms with E-state index in [-0.39, 0.29) is 29.7 Å². The predicted molar refractivity (Wildman–Crippen MR) is 95.7 cm³/mol. The largest absolute Gasteiger partial charge is 0.416 e. The fraction of sp³-hybridized carbons (Fsp3) is 0.611. The lowest BCUT2D eigenvalue weighted by Gasteiger charge is -2.40. The van der Waals surface area contributed by atoms with Crippen molar-refractivity contribution in [3.63, 3.8) is 0 Å². The van der Waals surface area contributed by atoms with Crippen LogP contribution in [0.2, 0.25) is 0 Å². The smallest absolute Gasteiger partial charge is 0.343 e. The normalized spacial score (nSPS) is 17.2. The average Bonchev–Trinajstić information content (AvgIpc) is 2.61. The monoisotopic (exact) mass is 406 g/mol. The van der Waals surface area contributed by atoms with Gasteiger partial charge < -0.3 is 10.6 Å². The topological polar surface area (TPSA) is 80.5 Å². The molecule has 1 heterocycles. The maximum absolute atomic E-state index is 13.1. The van der Waals surface area contributed by atoms with Crippen molar-refractivity contribution in [2.24, 2.45) is 11.7 Å². The molecule has 0 atom stereocenters. The van der Waals surface area contributed by atoms with Gasteiger partial charge in [0.2, 0.25) is 5.91 Å². The van der Waals surface area contributed by atoms with Gasteiger partial charge in [-0.25, -0.2) is 8.42 Å². The number of hydrogen-bond donors (Lipinski definition) is 1. The van der Waals surface area contributed by atoms with Crippen molar-refractivity contribution in [2.75, 3.05) is 19.6 Å². The first kappa shape index (κ1) is 21.7. The molecule has 1 amide bonds. The molecule has 0 bridgehead atoms. The summed E-state index contributed by atoms with van der Waals surface area (Å²) < 4.78 is 63.8. The number of piperidine rings is 1. The van der Waals surface area contributed by atoms with E-state index < -0.39 is 26.3 Å². The van der Waals surface area contributed by atoms with Gasteiger partial charge in [0.1, 0.15) is 0 Å². The van der Waals surface area contributed by atoms with Gasteiger partial charge in [-0.3, -0.25) is 4.79 Å². The number of carbonyl (C=O) groups is 1. The molecule has 2 rings (SSSR count). The lowest BCUT2D eigenvalue weighted by molar-refractivity contribution is -0.137. The van der Waals surface area contributed by atoms with Crippen LogP contribution in [-0.2, 0) is 20.8 Å². The van der Waals surface area contributed by atoms with Crippen molar-refractivity contribution in [1.82, 2.24) is 4.90 Å². The summed E-state index contributed by atoms with van der Waals surface area (Å²) in [6.07, 6.45) is -3.41. The van der Waals surface area contributed by atoms with E-state index in [0.717, 1.165) is 12.1 Å². The molecule has 0 aliphatic carbocycles. The number of carbonyl (C=O) groups excluding carboxylic acids is 1. The zero-order valence-corrected chi connectivity index (χ0v) is 16.2. The Morgan fingerprint density at radius 2 is 1.81 bits per heavy atom. The zero-order valence-electron chi connectivity index (χ0n) is 15.4. The fourth-order valence-electron chi connectivity index (χ4n) is 3.47. The van der Waals surface area contributed by atoms with E-state index in [1.54, 1.807) is 18.7 Å². The van der Waals surface area contributed by atoms with Crippen LogP contribution in [0.15, 0.2) is 29.2 Å². The highest BCUT2D eigenvalue weighted by Crippen LogP contribution is 2.39. The van der Waals surface area contributed by atoms with Crippen molar-refractivity contribution in [3.05, 3.63) is 29.8 Å². The van der Waals surface area contributed by atoms with E-state index in [4.69, 9.17) is 5.73 Å². The molecule has 1 aliphatic rings. The molecule has 0 unspecified atom stereocenters. The van der Waals surface area contributed by atoms with Crippen LogP contribution in [0.4, 0.5) is 13.2 Å². The van der Waals surface area contributed by atoms with E-state index in [9.17, 15) is 26.4 Å². The molecule has 27 heavy (non-hydrogen) atoms. The Labute approximate surface area is 157 Å². The van der Waals surface area contributed by atoms with Crippen molar-refractivity contribution in [2.45, 2.75) is 48.9 Å². The SMILES string of the molecule is CC(C)(C1CCN(C(=O)CCN)CC1)S(=O)(=O)c1cccc(C(F)(F)F)c1. The lowest BCUT2D eigenvalue weighted by Crippen LogP contribution is -2.47. The lowest BCUT2D eigenvalue weighted by atomic mass is 9.86. The number of likely N-dealkylation sites (tertiary alicyclic amines) is 1. The molecule has 1 aromatic carbocycles. The van der Waals surface area contributed by atoms with Crippen molar-refractivity contribution in [3.8, 4) is 0 Å². The third-order valence-electron chi connectivity index (χ3n) is 5.35. The van der Waals surface area contributed by atoms with Crippen LogP contribution < -0.4 is 5.73 Å². The minimum Gasteiger partial charge on any atom is -0.343 e. The number of alkyl halides is 3. The molecule has 0 radical (unpaired) electrons. The van der Waals surface area contributed by atoms with Crippen LogP contribution in [0.3, 0.4) is 0 Å². The van der Waals surface area contributed by atoms with Gasteiger partial charge in [-0.05, 0) is 50.8 Å². The molecule has 0 saturated carbocycles. The van der Waals surface area contributed by atoms with Crippen LogP contribution in [0.5, 0.6) is 0 Å². The summed E-state index contributed by atoms with van der Waals surface area (Å²) in [4.78, 5) is 13.3. The predicted octanol–water partition coefficient (Wildman–Crippen LogP) is 2.85. The van der Waals surface area contributed by atoms with E-state index in [2.05, 4.69) is 0 Å². The van der Waals surface area contributed by atoms with Gasteiger partial charge in [0.05, 0.1) is 15.2 Å². The summed E-state index contributed by atoms with van der Waals surface area (Å²) in [7, 11) is -3.99. The molecular formula is C18H25F3N2O3S. The number of benzene rings is 1. The van der Waals surface area contributed by atoms with Gasteiger partial charge in [-0.1, -0.05) is 6.07 Å². The highest BCUT2D eigenvalue weighted by molar-refractivity contribution is 7.92. The number of amides is 1. The molecule has 2 N–H and O–H groups in total. The summed E-state index contributed by atoms with van der Waals surface area (Å²) in [5.41, 5.74) is 4.41. The summed E-state index contributed by atoms with van der Waals surface area (Å²) in [5.74, 6) is -0.325. The molecule has 9 heteroatoms. The highest BCUT2D eigenvalue weighted by atomic mass is 32.2. The minimum atomic E-state index is -4.61. The summed E-state index contributed by atoms with van der Waals surface area (Å²) in [5, 5.41) is 0. The number of rotatable bonds is 5. The van der Waals surface area contributed by atoms with E-state index in [1.165, 1.54) is 6.07 Å². The van der Waals surface area contributed by atoms with E-state index >= 15 is 0 Å². The van der Waals surface area contributed by atoms with Gasteiger partial charge >= 0.3 is 6.18 Å². The summed E-state index contributed by atoms with van der Waals surface area (Å²) in [6, 6.07) is 3.86. The first-order valence-corrected chi connectivity index (χ1v) is 10.3. The first-order chi connectivity index (χ1) is 12.4. The fourth-order valence-corrected chi connectivity index (χ4v) is 5.29. The van der Waals surface area contributed by atoms with E-state index in [1.807, 2.05) is 0 Å². The van der Waals surface area contributed by atoms with Crippen molar-refractivity contribution in [1.29, 1.82) is 0 Å². The molecule has 1 fully saturated rings. The molecule has 1 aromatic rings. The Bertz CT molecular complexity index is 783. The molecule has 0 spiro atoms. The maximum Gasteiger partial charge on any atom is 0.416 e. The van der Waals surface area contributed by atoms with Crippen LogP contribution in [0, 0.1) is 5.92 Å². The second kappa shape index (κ2) is 7.79. The van der Waals surface area contributed by atoms with E-state index in [0.29, 0.717) is 32.0 Å². The average molecular weight is 406 g/mol. The zero-order chi connectivity index (χ0) is 20.5. The third kappa shape index (κ3) is 4.45. The molecule has 152 valence electrons. The molecular weight excluding hydrogens is 381 g/mol. The van der Waals surface area contributed by atoms with Crippen LogP contribution in [0.25, 0.3) is 0 Å². The Morgan fingerprint density at radius 1 is 1.22 bits per heavy atom. The minimum absolute atomic E-state index is 0.0607. The second-order valence-corrected chi connectivity index (χ2v) is 9.86. The van der Waals surface area contributed by atoms with Gasteiger partial charge in [0.25, 0.3) is 0 Å². The van der Waals surface area contributed by atoms with Crippen molar-refractivity contribution >= 4 is 15.7 Å². The first-order valence-electron chi connectivity index (χ1n) is 8.81. The second-order valence-electron chi connectivity index (χ2n) is 7.33. The van der Waals surface area contributed by atoms with Gasteiger partial charge in [-0.15, -0.1) is 0 Å². The third-order valence-corrected chi connectivity index (χ3v) is 7.95. The molecule has 1 saturated heterocycles. The van der Waals surface area contributed by atoms with Crippen LogP contribution in [-0.4, -0.2) is 43.6 Å². The number of sulfone groups is 1. The Kier molecular flexibility index (Phi) is 6.26. The van der Waals surface area contributed by atoms with Gasteiger partial charge in [-0.2, -0.15) is 13.2 Å². The van der Waals surface area contributed by atoms with Gasteiger partial charge in [0.15, 0.2) is 9.84 Å². The number of hydrogen-bond acceptors (Lipinski definition) is 4. The Balaban J connectivity index is 2.22. The van der Waals surface area contributed by atoms with Crippen LogP contribution >= 0.6 is 0 Å². The summed E-state index contributed by atoms with van der Waals surface area (Å²) in [6.45, 7) is 4.19. The standard InChI is InChI=1S/C18H25F3N2O3S/c1-17(2,13-7-10-23(11-8-13)16(24)6-9-22)27(25,26)15-5-3-4-14(12-15)18(19,20)21/h3-5,12-13H,6-11,22H2,1-2H3. The quantitative estimate of drug-likeness (QED) is 0.815. The highest BCUT2D eigenvalue weighted by Gasteiger charge is 2.44. The summed E-state index contributed by atoms with van der Waals surface area (Å²) >= 11 is 0. The molecule has 1 aliphatic heterocycles. The maximum atomic E-state index is 13.1. The molecule has 5 nitrogen and oxygen atoms in total. The van der Waals surface area contributed by atoms with Crippen molar-refractivity contribution < 1.29 is 26.4 Å².